The van der Waals surface area contributed by atoms with Crippen LogP contribution in [-0.4, -0.2) is 39.2 Å². The SMILES string of the molecule is CN=CCC(C)OCCOCCC#N. The number of ether oxygens (including phenoxy) is 2. The molecule has 0 aliphatic carbocycles. The molecule has 0 heterocycles. The van der Waals surface area contributed by atoms with Gasteiger partial charge in [0.15, 0.2) is 0 Å². The molecule has 0 aliphatic heterocycles. The molecule has 0 fully saturated rings. The Morgan fingerprint density at radius 3 is 2.86 bits per heavy atom. The first-order chi connectivity index (χ1) is 6.81. The van der Waals surface area contributed by atoms with Gasteiger partial charge in [-0.05, 0) is 6.92 Å². The van der Waals surface area contributed by atoms with Crippen LogP contribution in [0.25, 0.3) is 0 Å². The van der Waals surface area contributed by atoms with Crippen molar-refractivity contribution in [3.63, 3.8) is 0 Å². The van der Waals surface area contributed by atoms with E-state index in [-0.39, 0.29) is 6.10 Å². The van der Waals surface area contributed by atoms with Crippen molar-refractivity contribution < 1.29 is 9.47 Å². The molecule has 0 aromatic rings. The van der Waals surface area contributed by atoms with E-state index in [0.29, 0.717) is 26.2 Å². The largest absolute Gasteiger partial charge is 0.378 e. The molecule has 80 valence electrons. The van der Waals surface area contributed by atoms with E-state index in [1.54, 1.807) is 7.05 Å². The molecule has 1 atom stereocenters. The van der Waals surface area contributed by atoms with Gasteiger partial charge in [-0.3, -0.25) is 0 Å². The Kier molecular flexibility index (Phi) is 9.49. The highest BCUT2D eigenvalue weighted by atomic mass is 16.5. The molecule has 0 amide bonds. The lowest BCUT2D eigenvalue weighted by Crippen LogP contribution is -2.13. The molecule has 0 radical (unpaired) electrons. The highest BCUT2D eigenvalue weighted by molar-refractivity contribution is 5.57. The Hall–Kier alpha value is -0.920. The third-order valence-electron chi connectivity index (χ3n) is 1.61. The van der Waals surface area contributed by atoms with Crippen LogP contribution in [0.2, 0.25) is 0 Å². The van der Waals surface area contributed by atoms with E-state index in [1.807, 2.05) is 19.2 Å². The van der Waals surface area contributed by atoms with Crippen molar-refractivity contribution in [3.8, 4) is 6.07 Å². The van der Waals surface area contributed by atoms with Gasteiger partial charge in [-0.1, -0.05) is 0 Å². The van der Waals surface area contributed by atoms with E-state index in [1.165, 1.54) is 0 Å². The van der Waals surface area contributed by atoms with Crippen LogP contribution in [0.3, 0.4) is 0 Å². The second-order valence-corrected chi connectivity index (χ2v) is 2.88. The molecular weight excluding hydrogens is 180 g/mol. The van der Waals surface area contributed by atoms with Gasteiger partial charge in [0.2, 0.25) is 0 Å². The quantitative estimate of drug-likeness (QED) is 0.437. The first-order valence-electron chi connectivity index (χ1n) is 4.78. The minimum atomic E-state index is 0.179. The Morgan fingerprint density at radius 2 is 2.21 bits per heavy atom. The number of nitrogens with zero attached hydrogens (tertiary/aromatic N) is 2. The summed E-state index contributed by atoms with van der Waals surface area (Å²) in [6, 6.07) is 2.01. The number of aliphatic imine (C=N–C) groups is 1. The second kappa shape index (κ2) is 10.2. The molecule has 0 saturated heterocycles. The summed E-state index contributed by atoms with van der Waals surface area (Å²) in [7, 11) is 1.75. The summed E-state index contributed by atoms with van der Waals surface area (Å²) in [5, 5.41) is 8.23. The van der Waals surface area contributed by atoms with Crippen molar-refractivity contribution in [2.75, 3.05) is 26.9 Å². The number of nitriles is 1. The molecule has 1 unspecified atom stereocenters. The Bertz CT molecular complexity index is 187. The van der Waals surface area contributed by atoms with Crippen molar-refractivity contribution in [1.82, 2.24) is 0 Å². The molecule has 0 aliphatic rings. The first-order valence-corrected chi connectivity index (χ1v) is 4.78. The standard InChI is InChI=1S/C10H18N2O2/c1-10(4-6-12-2)14-9-8-13-7-3-5-11/h6,10H,3-4,7-9H2,1-2H3. The van der Waals surface area contributed by atoms with Gasteiger partial charge in [-0.2, -0.15) is 5.26 Å². The lowest BCUT2D eigenvalue weighted by molar-refractivity contribution is 0.0169. The monoisotopic (exact) mass is 198 g/mol. The third-order valence-corrected chi connectivity index (χ3v) is 1.61. The van der Waals surface area contributed by atoms with E-state index < -0.39 is 0 Å². The highest BCUT2D eigenvalue weighted by Gasteiger charge is 1.98. The van der Waals surface area contributed by atoms with Crippen LogP contribution >= 0.6 is 0 Å². The predicted octanol–water partition coefficient (Wildman–Crippen LogP) is 1.41. The average Bonchev–Trinajstić information content (AvgIpc) is 2.20. The lowest BCUT2D eigenvalue weighted by atomic mass is 10.3. The molecule has 0 saturated carbocycles. The zero-order chi connectivity index (χ0) is 10.6. The van der Waals surface area contributed by atoms with Gasteiger partial charge >= 0.3 is 0 Å². The van der Waals surface area contributed by atoms with Crippen LogP contribution in [0, 0.1) is 11.3 Å². The van der Waals surface area contributed by atoms with Gasteiger partial charge in [-0.15, -0.1) is 0 Å². The summed E-state index contributed by atoms with van der Waals surface area (Å²) in [6.07, 6.45) is 3.28. The molecule has 14 heavy (non-hydrogen) atoms. The molecule has 4 nitrogen and oxygen atoms in total. The van der Waals surface area contributed by atoms with Crippen molar-refractivity contribution in [2.24, 2.45) is 4.99 Å². The van der Waals surface area contributed by atoms with Gasteiger partial charge < -0.3 is 14.5 Å². The molecule has 0 aromatic carbocycles. The number of rotatable bonds is 8. The Balaban J connectivity index is 3.15. The number of hydrogen-bond donors (Lipinski definition) is 0. The number of hydrogen-bond acceptors (Lipinski definition) is 4. The molecule has 0 N–H and O–H groups in total. The summed E-state index contributed by atoms with van der Waals surface area (Å²) in [5.41, 5.74) is 0. The fraction of sp³-hybridized carbons (Fsp3) is 0.800. The van der Waals surface area contributed by atoms with Crippen LogP contribution in [-0.2, 0) is 9.47 Å². The first kappa shape index (κ1) is 13.1. The molecule has 0 spiro atoms. The van der Waals surface area contributed by atoms with E-state index in [4.69, 9.17) is 14.7 Å². The second-order valence-electron chi connectivity index (χ2n) is 2.88. The highest BCUT2D eigenvalue weighted by Crippen LogP contribution is 1.94. The fourth-order valence-corrected chi connectivity index (χ4v) is 0.850. The maximum Gasteiger partial charge on any atom is 0.0704 e. The molecule has 0 rings (SSSR count). The van der Waals surface area contributed by atoms with E-state index >= 15 is 0 Å². The van der Waals surface area contributed by atoms with Gasteiger partial charge in [-0.25, -0.2) is 0 Å². The van der Waals surface area contributed by atoms with E-state index in [2.05, 4.69) is 4.99 Å². The summed E-state index contributed by atoms with van der Waals surface area (Å²) in [5.74, 6) is 0. The smallest absolute Gasteiger partial charge is 0.0704 e. The van der Waals surface area contributed by atoms with Crippen LogP contribution in [0.4, 0.5) is 0 Å². The molecule has 0 aromatic heterocycles. The summed E-state index contributed by atoms with van der Waals surface area (Å²) in [6.45, 7) is 3.61. The Morgan fingerprint density at radius 1 is 1.43 bits per heavy atom. The van der Waals surface area contributed by atoms with Gasteiger partial charge in [0.05, 0.1) is 38.4 Å². The molecular formula is C10H18N2O2. The minimum Gasteiger partial charge on any atom is -0.378 e. The van der Waals surface area contributed by atoms with Gasteiger partial charge in [0, 0.05) is 19.7 Å². The summed E-state index contributed by atoms with van der Waals surface area (Å²) in [4.78, 5) is 3.87. The van der Waals surface area contributed by atoms with Crippen LogP contribution in [0.5, 0.6) is 0 Å². The lowest BCUT2D eigenvalue weighted by Gasteiger charge is -2.10. The van der Waals surface area contributed by atoms with Crippen LogP contribution in [0.1, 0.15) is 19.8 Å². The molecule has 4 heteroatoms. The molecule has 0 bridgehead atoms. The van der Waals surface area contributed by atoms with Crippen molar-refractivity contribution in [3.05, 3.63) is 0 Å². The maximum atomic E-state index is 8.23. The van der Waals surface area contributed by atoms with Crippen LogP contribution in [0.15, 0.2) is 4.99 Å². The van der Waals surface area contributed by atoms with Gasteiger partial charge in [0.1, 0.15) is 0 Å². The van der Waals surface area contributed by atoms with Crippen molar-refractivity contribution >= 4 is 6.21 Å². The van der Waals surface area contributed by atoms with Crippen molar-refractivity contribution in [2.45, 2.75) is 25.9 Å². The van der Waals surface area contributed by atoms with E-state index in [0.717, 1.165) is 6.42 Å². The van der Waals surface area contributed by atoms with Gasteiger partial charge in [0.25, 0.3) is 0 Å². The van der Waals surface area contributed by atoms with E-state index in [9.17, 15) is 0 Å². The topological polar surface area (TPSA) is 54.6 Å². The Labute approximate surface area is 85.5 Å². The summed E-state index contributed by atoms with van der Waals surface area (Å²) >= 11 is 0. The van der Waals surface area contributed by atoms with Crippen LogP contribution < -0.4 is 0 Å². The summed E-state index contributed by atoms with van der Waals surface area (Å²) < 4.78 is 10.6. The average molecular weight is 198 g/mol. The zero-order valence-corrected chi connectivity index (χ0v) is 8.90. The van der Waals surface area contributed by atoms with Crippen molar-refractivity contribution in [1.29, 1.82) is 5.26 Å². The predicted molar refractivity (Wildman–Crippen MR) is 55.5 cm³/mol. The fourth-order valence-electron chi connectivity index (χ4n) is 0.850. The normalized spacial score (nSPS) is 12.9. The maximum absolute atomic E-state index is 8.23. The minimum absolute atomic E-state index is 0.179. The zero-order valence-electron chi connectivity index (χ0n) is 8.90. The third kappa shape index (κ3) is 9.17.